The summed E-state index contributed by atoms with van der Waals surface area (Å²) in [6.07, 6.45) is -0.719. The molecular formula is C8H14N2O2. The summed E-state index contributed by atoms with van der Waals surface area (Å²) in [5.74, 6) is 0. The van der Waals surface area contributed by atoms with Crippen LogP contribution < -0.4 is 0 Å². The molecule has 1 aromatic heterocycles. The summed E-state index contributed by atoms with van der Waals surface area (Å²) in [5, 5.41) is 21.9. The number of aromatic nitrogens is 2. The van der Waals surface area contributed by atoms with Crippen molar-refractivity contribution in [3.05, 3.63) is 17.5 Å². The Morgan fingerprint density at radius 1 is 1.58 bits per heavy atom. The van der Waals surface area contributed by atoms with E-state index in [0.717, 1.165) is 11.4 Å². The quantitative estimate of drug-likeness (QED) is 0.663. The average molecular weight is 170 g/mol. The Balaban J connectivity index is 2.68. The van der Waals surface area contributed by atoms with E-state index in [-0.39, 0.29) is 6.61 Å². The van der Waals surface area contributed by atoms with Crippen molar-refractivity contribution in [3.63, 3.8) is 0 Å². The third-order valence-corrected chi connectivity index (χ3v) is 1.70. The molecule has 0 saturated heterocycles. The number of aliphatic hydroxyl groups excluding tert-OH is 2. The van der Waals surface area contributed by atoms with Gasteiger partial charge < -0.3 is 10.2 Å². The van der Waals surface area contributed by atoms with Crippen LogP contribution in [0.3, 0.4) is 0 Å². The fourth-order valence-electron chi connectivity index (χ4n) is 1.12. The summed E-state index contributed by atoms with van der Waals surface area (Å²) in [6, 6.07) is 1.93. The maximum atomic E-state index is 9.13. The number of rotatable bonds is 3. The molecule has 0 aliphatic heterocycles. The van der Waals surface area contributed by atoms with Gasteiger partial charge in [0.05, 0.1) is 24.9 Å². The smallest absolute Gasteiger partial charge is 0.0966 e. The third kappa shape index (κ3) is 2.06. The van der Waals surface area contributed by atoms with Crippen molar-refractivity contribution in [1.29, 1.82) is 0 Å². The first-order valence-corrected chi connectivity index (χ1v) is 3.93. The highest BCUT2D eigenvalue weighted by atomic mass is 16.3. The minimum atomic E-state index is -0.719. The molecule has 0 aromatic carbocycles. The van der Waals surface area contributed by atoms with E-state index in [4.69, 9.17) is 10.2 Å². The molecule has 1 rings (SSSR count). The topological polar surface area (TPSA) is 58.3 Å². The molecule has 0 saturated carbocycles. The van der Waals surface area contributed by atoms with E-state index < -0.39 is 6.10 Å². The molecule has 68 valence electrons. The lowest BCUT2D eigenvalue weighted by molar-refractivity contribution is 0.0777. The standard InChI is InChI=1S/C8H14N2O2/c1-6-3-7(2)10(9-6)4-8(12)5-11/h3,8,11-12H,4-5H2,1-2H3. The molecule has 0 amide bonds. The van der Waals surface area contributed by atoms with E-state index in [1.54, 1.807) is 4.68 Å². The minimum absolute atomic E-state index is 0.224. The summed E-state index contributed by atoms with van der Waals surface area (Å²) >= 11 is 0. The first kappa shape index (κ1) is 9.22. The largest absolute Gasteiger partial charge is 0.394 e. The molecule has 4 heteroatoms. The van der Waals surface area contributed by atoms with Crippen LogP contribution in [0, 0.1) is 13.8 Å². The van der Waals surface area contributed by atoms with Crippen LogP contribution in [-0.2, 0) is 6.54 Å². The Morgan fingerprint density at radius 3 is 2.67 bits per heavy atom. The molecule has 4 nitrogen and oxygen atoms in total. The van der Waals surface area contributed by atoms with Gasteiger partial charge in [-0.25, -0.2) is 0 Å². The lowest BCUT2D eigenvalue weighted by atomic mass is 10.3. The fraction of sp³-hybridized carbons (Fsp3) is 0.625. The molecule has 1 heterocycles. The maximum Gasteiger partial charge on any atom is 0.0966 e. The predicted molar refractivity (Wildman–Crippen MR) is 44.8 cm³/mol. The van der Waals surface area contributed by atoms with Gasteiger partial charge in [0.1, 0.15) is 0 Å². The van der Waals surface area contributed by atoms with Crippen molar-refractivity contribution < 1.29 is 10.2 Å². The highest BCUT2D eigenvalue weighted by Crippen LogP contribution is 2.02. The number of nitrogens with zero attached hydrogens (tertiary/aromatic N) is 2. The number of hydrogen-bond acceptors (Lipinski definition) is 3. The second-order valence-corrected chi connectivity index (χ2v) is 2.95. The maximum absolute atomic E-state index is 9.13. The zero-order valence-corrected chi connectivity index (χ0v) is 7.36. The summed E-state index contributed by atoms with van der Waals surface area (Å²) in [4.78, 5) is 0. The third-order valence-electron chi connectivity index (χ3n) is 1.70. The lowest BCUT2D eigenvalue weighted by Gasteiger charge is -2.08. The average Bonchev–Trinajstić information content (AvgIpc) is 2.30. The normalized spacial score (nSPS) is 13.3. The minimum Gasteiger partial charge on any atom is -0.394 e. The Labute approximate surface area is 71.5 Å². The SMILES string of the molecule is Cc1cc(C)n(CC(O)CO)n1. The van der Waals surface area contributed by atoms with Crippen LogP contribution in [0.25, 0.3) is 0 Å². The fourth-order valence-corrected chi connectivity index (χ4v) is 1.12. The molecule has 0 fully saturated rings. The van der Waals surface area contributed by atoms with Crippen molar-refractivity contribution in [3.8, 4) is 0 Å². The van der Waals surface area contributed by atoms with Crippen LogP contribution in [0.4, 0.5) is 0 Å². The van der Waals surface area contributed by atoms with Crippen LogP contribution in [0.5, 0.6) is 0 Å². The van der Waals surface area contributed by atoms with Crippen LogP contribution >= 0.6 is 0 Å². The highest BCUT2D eigenvalue weighted by Gasteiger charge is 2.06. The lowest BCUT2D eigenvalue weighted by Crippen LogP contribution is -2.21. The van der Waals surface area contributed by atoms with E-state index in [1.165, 1.54) is 0 Å². The summed E-state index contributed by atoms with van der Waals surface area (Å²) in [6.45, 7) is 3.95. The van der Waals surface area contributed by atoms with Gasteiger partial charge in [-0.2, -0.15) is 5.10 Å². The van der Waals surface area contributed by atoms with Gasteiger partial charge >= 0.3 is 0 Å². The van der Waals surface area contributed by atoms with Crippen molar-refractivity contribution in [2.45, 2.75) is 26.5 Å². The Morgan fingerprint density at radius 2 is 2.25 bits per heavy atom. The van der Waals surface area contributed by atoms with Crippen molar-refractivity contribution in [2.75, 3.05) is 6.61 Å². The van der Waals surface area contributed by atoms with Gasteiger partial charge in [-0.1, -0.05) is 0 Å². The molecule has 0 aliphatic carbocycles. The molecule has 1 atom stereocenters. The van der Waals surface area contributed by atoms with E-state index in [1.807, 2.05) is 19.9 Å². The monoisotopic (exact) mass is 170 g/mol. The summed E-state index contributed by atoms with van der Waals surface area (Å²) in [5.41, 5.74) is 1.93. The summed E-state index contributed by atoms with van der Waals surface area (Å²) in [7, 11) is 0. The molecule has 12 heavy (non-hydrogen) atoms. The van der Waals surface area contributed by atoms with E-state index in [9.17, 15) is 0 Å². The number of hydrogen-bond donors (Lipinski definition) is 2. The zero-order valence-electron chi connectivity index (χ0n) is 7.36. The zero-order chi connectivity index (χ0) is 9.14. The van der Waals surface area contributed by atoms with Crippen LogP contribution in [0.1, 0.15) is 11.4 Å². The number of aliphatic hydroxyl groups is 2. The molecule has 1 aromatic rings. The molecule has 0 bridgehead atoms. The highest BCUT2D eigenvalue weighted by molar-refractivity contribution is 5.06. The van der Waals surface area contributed by atoms with Gasteiger partial charge in [0.15, 0.2) is 0 Å². The summed E-state index contributed by atoms with van der Waals surface area (Å²) < 4.78 is 1.69. The van der Waals surface area contributed by atoms with Crippen LogP contribution in [0.2, 0.25) is 0 Å². The van der Waals surface area contributed by atoms with Crippen molar-refractivity contribution in [2.24, 2.45) is 0 Å². The van der Waals surface area contributed by atoms with Gasteiger partial charge in [-0.3, -0.25) is 4.68 Å². The Bertz CT molecular complexity index is 258. The van der Waals surface area contributed by atoms with Gasteiger partial charge in [0.25, 0.3) is 0 Å². The second-order valence-electron chi connectivity index (χ2n) is 2.95. The van der Waals surface area contributed by atoms with E-state index in [0.29, 0.717) is 6.54 Å². The van der Waals surface area contributed by atoms with Gasteiger partial charge in [-0.05, 0) is 19.9 Å². The Hall–Kier alpha value is -0.870. The molecule has 0 aliphatic rings. The Kier molecular flexibility index (Phi) is 2.83. The van der Waals surface area contributed by atoms with Crippen LogP contribution in [0.15, 0.2) is 6.07 Å². The van der Waals surface area contributed by atoms with Crippen molar-refractivity contribution in [1.82, 2.24) is 9.78 Å². The number of aryl methyl sites for hydroxylation is 2. The molecular weight excluding hydrogens is 156 g/mol. The first-order chi connectivity index (χ1) is 5.63. The first-order valence-electron chi connectivity index (χ1n) is 3.93. The molecule has 1 unspecified atom stereocenters. The van der Waals surface area contributed by atoms with E-state index in [2.05, 4.69) is 5.10 Å². The molecule has 2 N–H and O–H groups in total. The predicted octanol–water partition coefficient (Wildman–Crippen LogP) is -0.147. The molecule has 0 spiro atoms. The van der Waals surface area contributed by atoms with Gasteiger partial charge in [0, 0.05) is 5.69 Å². The van der Waals surface area contributed by atoms with Crippen LogP contribution in [-0.4, -0.2) is 32.7 Å². The van der Waals surface area contributed by atoms with E-state index >= 15 is 0 Å². The van der Waals surface area contributed by atoms with Gasteiger partial charge in [0.2, 0.25) is 0 Å². The molecule has 0 radical (unpaired) electrons. The van der Waals surface area contributed by atoms with Gasteiger partial charge in [-0.15, -0.1) is 0 Å². The van der Waals surface area contributed by atoms with Crippen molar-refractivity contribution >= 4 is 0 Å². The second kappa shape index (κ2) is 3.69.